The van der Waals surface area contributed by atoms with Gasteiger partial charge in [-0.1, -0.05) is 6.42 Å². The van der Waals surface area contributed by atoms with E-state index in [1.54, 1.807) is 26.2 Å². The molecule has 1 atom stereocenters. The Morgan fingerprint density at radius 3 is 2.80 bits per heavy atom. The first-order valence-corrected chi connectivity index (χ1v) is 9.08. The second-order valence-corrected chi connectivity index (χ2v) is 6.39. The van der Waals surface area contributed by atoms with Crippen LogP contribution in [0.4, 0.5) is 5.69 Å². The van der Waals surface area contributed by atoms with Crippen molar-refractivity contribution in [3.8, 4) is 11.5 Å². The lowest BCUT2D eigenvalue weighted by atomic mass is 10.0. The first-order chi connectivity index (χ1) is 12.1. The molecule has 0 radical (unpaired) electrons. The van der Waals surface area contributed by atoms with Gasteiger partial charge in [0.15, 0.2) is 11.5 Å². The van der Waals surface area contributed by atoms with Crippen LogP contribution in [0.3, 0.4) is 0 Å². The number of nitrogen functional groups attached to an aromatic ring is 1. The maximum Gasteiger partial charge on any atom is 0.340 e. The van der Waals surface area contributed by atoms with Crippen molar-refractivity contribution < 1.29 is 19.0 Å². The number of rotatable bonds is 8. The Bertz CT molecular complexity index is 577. The van der Waals surface area contributed by atoms with E-state index in [1.165, 1.54) is 25.8 Å². The predicted octanol–water partition coefficient (Wildman–Crippen LogP) is 3.10. The maximum absolute atomic E-state index is 11.9. The number of nitrogens with two attached hydrogens (primary N) is 1. The molecule has 0 amide bonds. The van der Waals surface area contributed by atoms with Crippen molar-refractivity contribution in [2.75, 3.05) is 39.1 Å². The highest BCUT2D eigenvalue weighted by atomic mass is 16.5. The summed E-state index contributed by atoms with van der Waals surface area (Å²) in [6.07, 6.45) is 4.83. The average molecular weight is 350 g/mol. The van der Waals surface area contributed by atoms with Gasteiger partial charge in [0.2, 0.25) is 0 Å². The van der Waals surface area contributed by atoms with E-state index in [4.69, 9.17) is 19.9 Å². The molecule has 6 nitrogen and oxygen atoms in total. The standard InChI is InChI=1S/C19H30N2O4/c1-4-24-19(22)15-12-17(23-3)18(13-16(15)20)25-11-7-10-21-9-6-5-8-14(21)2/h12-14H,4-11,20H2,1-3H3. The Morgan fingerprint density at radius 2 is 2.12 bits per heavy atom. The fraction of sp³-hybridized carbons (Fsp3) is 0.632. The van der Waals surface area contributed by atoms with Crippen LogP contribution in [0.2, 0.25) is 0 Å². The third kappa shape index (κ3) is 5.26. The Morgan fingerprint density at radius 1 is 1.32 bits per heavy atom. The minimum atomic E-state index is -0.455. The molecule has 1 heterocycles. The van der Waals surface area contributed by atoms with E-state index in [-0.39, 0.29) is 0 Å². The molecule has 0 bridgehead atoms. The molecule has 0 saturated carbocycles. The molecule has 1 unspecified atom stereocenters. The number of hydrogen-bond acceptors (Lipinski definition) is 6. The van der Waals surface area contributed by atoms with Crippen molar-refractivity contribution in [1.82, 2.24) is 4.90 Å². The normalized spacial score (nSPS) is 18.0. The summed E-state index contributed by atoms with van der Waals surface area (Å²) in [5.74, 6) is 0.590. The molecule has 140 valence electrons. The van der Waals surface area contributed by atoms with Crippen molar-refractivity contribution in [3.63, 3.8) is 0 Å². The van der Waals surface area contributed by atoms with Crippen LogP contribution in [0.15, 0.2) is 12.1 Å². The summed E-state index contributed by atoms with van der Waals surface area (Å²) in [5, 5.41) is 0. The second kappa shape index (κ2) is 9.51. The SMILES string of the molecule is CCOC(=O)c1cc(OC)c(OCCCN2CCCCC2C)cc1N. The Hall–Kier alpha value is -1.95. The van der Waals surface area contributed by atoms with Crippen LogP contribution in [-0.2, 0) is 4.74 Å². The summed E-state index contributed by atoms with van der Waals surface area (Å²) in [6, 6.07) is 3.87. The minimum Gasteiger partial charge on any atom is -0.493 e. The van der Waals surface area contributed by atoms with Gasteiger partial charge < -0.3 is 24.8 Å². The second-order valence-electron chi connectivity index (χ2n) is 6.39. The molecule has 0 spiro atoms. The van der Waals surface area contributed by atoms with Gasteiger partial charge in [0, 0.05) is 24.7 Å². The smallest absolute Gasteiger partial charge is 0.340 e. The number of carbonyl (C=O) groups excluding carboxylic acids is 1. The monoisotopic (exact) mass is 350 g/mol. The molecule has 1 fully saturated rings. The molecule has 1 aliphatic rings. The predicted molar refractivity (Wildman–Crippen MR) is 98.4 cm³/mol. The quantitative estimate of drug-likeness (QED) is 0.441. The lowest BCUT2D eigenvalue weighted by molar-refractivity contribution is 0.0527. The number of hydrogen-bond donors (Lipinski definition) is 1. The summed E-state index contributed by atoms with van der Waals surface area (Å²) in [6.45, 7) is 7.13. The zero-order valence-electron chi connectivity index (χ0n) is 15.5. The van der Waals surface area contributed by atoms with Crippen LogP contribution >= 0.6 is 0 Å². The van der Waals surface area contributed by atoms with Gasteiger partial charge in [0.1, 0.15) is 0 Å². The maximum atomic E-state index is 11.9. The number of carbonyl (C=O) groups is 1. The van der Waals surface area contributed by atoms with Gasteiger partial charge in [-0.25, -0.2) is 4.79 Å². The van der Waals surface area contributed by atoms with Crippen molar-refractivity contribution in [3.05, 3.63) is 17.7 Å². The Labute approximate surface area is 150 Å². The molecule has 1 aliphatic heterocycles. The van der Waals surface area contributed by atoms with Crippen molar-refractivity contribution in [1.29, 1.82) is 0 Å². The molecule has 2 N–H and O–H groups in total. The van der Waals surface area contributed by atoms with Crippen LogP contribution in [0, 0.1) is 0 Å². The first-order valence-electron chi connectivity index (χ1n) is 9.08. The van der Waals surface area contributed by atoms with Crippen LogP contribution in [-0.4, -0.2) is 50.3 Å². The van der Waals surface area contributed by atoms with E-state index in [9.17, 15) is 4.79 Å². The minimum absolute atomic E-state index is 0.299. The third-order valence-corrected chi connectivity index (χ3v) is 4.62. The summed E-state index contributed by atoms with van der Waals surface area (Å²) >= 11 is 0. The zero-order valence-corrected chi connectivity index (χ0v) is 15.5. The molecular formula is C19H30N2O4. The summed E-state index contributed by atoms with van der Waals surface area (Å²) in [4.78, 5) is 14.4. The van der Waals surface area contributed by atoms with Gasteiger partial charge in [0.05, 0.1) is 31.6 Å². The van der Waals surface area contributed by atoms with E-state index >= 15 is 0 Å². The summed E-state index contributed by atoms with van der Waals surface area (Å²) in [7, 11) is 1.54. The average Bonchev–Trinajstić information content (AvgIpc) is 2.60. The number of nitrogens with zero attached hydrogens (tertiary/aromatic N) is 1. The fourth-order valence-corrected chi connectivity index (χ4v) is 3.17. The fourth-order valence-electron chi connectivity index (χ4n) is 3.17. The molecule has 1 aromatic rings. The number of methoxy groups -OCH3 is 1. The van der Waals surface area contributed by atoms with Crippen molar-refractivity contribution >= 4 is 11.7 Å². The van der Waals surface area contributed by atoms with Crippen LogP contribution in [0.5, 0.6) is 11.5 Å². The summed E-state index contributed by atoms with van der Waals surface area (Å²) in [5.41, 5.74) is 6.60. The molecule has 2 rings (SSSR count). The topological polar surface area (TPSA) is 74.0 Å². The van der Waals surface area contributed by atoms with E-state index in [2.05, 4.69) is 11.8 Å². The van der Waals surface area contributed by atoms with Crippen LogP contribution in [0.25, 0.3) is 0 Å². The van der Waals surface area contributed by atoms with E-state index in [0.717, 1.165) is 13.0 Å². The number of benzene rings is 1. The van der Waals surface area contributed by atoms with Crippen LogP contribution in [0.1, 0.15) is 49.9 Å². The highest BCUT2D eigenvalue weighted by molar-refractivity contribution is 5.96. The number of ether oxygens (including phenoxy) is 3. The molecule has 6 heteroatoms. The molecule has 0 aromatic heterocycles. The Balaban J connectivity index is 1.92. The highest BCUT2D eigenvalue weighted by Gasteiger charge is 2.18. The molecule has 0 aliphatic carbocycles. The number of likely N-dealkylation sites (tertiary alicyclic amines) is 1. The van der Waals surface area contributed by atoms with Gasteiger partial charge in [-0.15, -0.1) is 0 Å². The summed E-state index contributed by atoms with van der Waals surface area (Å²) < 4.78 is 16.2. The van der Waals surface area contributed by atoms with Crippen molar-refractivity contribution in [2.24, 2.45) is 0 Å². The van der Waals surface area contributed by atoms with Gasteiger partial charge >= 0.3 is 5.97 Å². The molecule has 1 saturated heterocycles. The lowest BCUT2D eigenvalue weighted by Crippen LogP contribution is -2.38. The van der Waals surface area contributed by atoms with Crippen LogP contribution < -0.4 is 15.2 Å². The van der Waals surface area contributed by atoms with E-state index in [0.29, 0.717) is 42.0 Å². The number of anilines is 1. The molecule has 1 aromatic carbocycles. The van der Waals surface area contributed by atoms with Gasteiger partial charge in [-0.3, -0.25) is 0 Å². The van der Waals surface area contributed by atoms with E-state index in [1.807, 2.05) is 0 Å². The number of esters is 1. The van der Waals surface area contributed by atoms with Crippen molar-refractivity contribution in [2.45, 2.75) is 45.6 Å². The molecule has 25 heavy (non-hydrogen) atoms. The zero-order chi connectivity index (χ0) is 18.2. The Kier molecular flexibility index (Phi) is 7.37. The number of piperidine rings is 1. The molecular weight excluding hydrogens is 320 g/mol. The largest absolute Gasteiger partial charge is 0.493 e. The third-order valence-electron chi connectivity index (χ3n) is 4.62. The first kappa shape index (κ1) is 19.4. The van der Waals surface area contributed by atoms with Gasteiger partial charge in [-0.05, 0) is 39.7 Å². The lowest BCUT2D eigenvalue weighted by Gasteiger charge is -2.33. The van der Waals surface area contributed by atoms with Gasteiger partial charge in [0.25, 0.3) is 0 Å². The highest BCUT2D eigenvalue weighted by Crippen LogP contribution is 2.32. The van der Waals surface area contributed by atoms with Gasteiger partial charge in [-0.2, -0.15) is 0 Å². The van der Waals surface area contributed by atoms with E-state index < -0.39 is 5.97 Å².